The molecule has 0 unspecified atom stereocenters. The number of alkyl carbamates (subject to hydrolysis) is 1. The van der Waals surface area contributed by atoms with Gasteiger partial charge >= 0.3 is 6.09 Å². The first kappa shape index (κ1) is 26.7. The Morgan fingerprint density at radius 1 is 1.22 bits per heavy atom. The van der Waals surface area contributed by atoms with Crippen LogP contribution >= 0.6 is 0 Å². The van der Waals surface area contributed by atoms with Gasteiger partial charge in [-0.25, -0.2) is 13.6 Å². The Morgan fingerprint density at radius 3 is 2.78 bits per heavy atom. The number of hydrogen-bond donors (Lipinski definition) is 2. The second-order valence-corrected chi connectivity index (χ2v) is 8.96. The topological polar surface area (TPSA) is 75.8 Å². The van der Waals surface area contributed by atoms with Crippen LogP contribution in [0.15, 0.2) is 42.5 Å². The molecule has 0 radical (unpaired) electrons. The van der Waals surface area contributed by atoms with Crippen molar-refractivity contribution in [2.45, 2.75) is 38.3 Å². The first-order chi connectivity index (χ1) is 17.9. The van der Waals surface area contributed by atoms with Crippen LogP contribution in [-0.4, -0.2) is 68.5 Å². The highest BCUT2D eigenvalue weighted by atomic mass is 19.3. The molecule has 0 spiro atoms. The van der Waals surface area contributed by atoms with Crippen LogP contribution in [0.2, 0.25) is 0 Å². The number of nitrogens with zero attached hydrogens (tertiary/aromatic N) is 1. The number of amides is 1. The lowest BCUT2D eigenvalue weighted by Crippen LogP contribution is -2.45. The predicted molar refractivity (Wildman–Crippen MR) is 134 cm³/mol. The van der Waals surface area contributed by atoms with Gasteiger partial charge in [-0.1, -0.05) is 18.2 Å². The zero-order valence-corrected chi connectivity index (χ0v) is 20.9. The van der Waals surface area contributed by atoms with Crippen molar-refractivity contribution in [3.05, 3.63) is 59.3 Å². The van der Waals surface area contributed by atoms with Gasteiger partial charge in [0.05, 0.1) is 26.4 Å². The normalized spacial score (nSPS) is 17.6. The first-order valence-electron chi connectivity index (χ1n) is 12.3. The van der Waals surface area contributed by atoms with Gasteiger partial charge in [0.15, 0.2) is 0 Å². The van der Waals surface area contributed by atoms with Crippen LogP contribution in [0, 0.1) is 0 Å². The van der Waals surface area contributed by atoms with Crippen molar-refractivity contribution in [1.82, 2.24) is 15.2 Å². The van der Waals surface area contributed by atoms with Crippen molar-refractivity contribution in [1.29, 1.82) is 0 Å². The number of H-pyrrole nitrogens is 1. The number of ether oxygens (including phenoxy) is 3. The van der Waals surface area contributed by atoms with Crippen LogP contribution in [0.3, 0.4) is 0 Å². The summed E-state index contributed by atoms with van der Waals surface area (Å²) in [6, 6.07) is 12.6. The van der Waals surface area contributed by atoms with Gasteiger partial charge in [0, 0.05) is 34.7 Å². The number of fused-ring (bicyclic) bond motifs is 3. The number of alkyl halides is 3. The zero-order chi connectivity index (χ0) is 26.4. The summed E-state index contributed by atoms with van der Waals surface area (Å²) in [5, 5.41) is 3.53. The van der Waals surface area contributed by atoms with E-state index in [-0.39, 0.29) is 38.8 Å². The molecule has 7 nitrogen and oxygen atoms in total. The number of para-hydroxylation sites is 1. The fourth-order valence-corrected chi connectivity index (χ4v) is 4.90. The van der Waals surface area contributed by atoms with Crippen LogP contribution in [-0.2, 0) is 11.2 Å². The van der Waals surface area contributed by atoms with E-state index in [1.807, 2.05) is 31.2 Å². The maximum absolute atomic E-state index is 13.7. The minimum absolute atomic E-state index is 0.00699. The highest BCUT2D eigenvalue weighted by molar-refractivity contribution is 5.85. The molecule has 1 aliphatic heterocycles. The number of rotatable bonds is 11. The fraction of sp³-hybridized carbons (Fsp3) is 0.444. The first-order valence-corrected chi connectivity index (χ1v) is 12.3. The average Bonchev–Trinajstić information content (AvgIpc) is 3.25. The third-order valence-electron chi connectivity index (χ3n) is 6.53. The molecule has 0 bridgehead atoms. The maximum atomic E-state index is 13.7. The van der Waals surface area contributed by atoms with Crippen molar-refractivity contribution in [2.75, 3.05) is 40.1 Å². The number of benzene rings is 2. The second-order valence-electron chi connectivity index (χ2n) is 8.96. The number of nitrogens with one attached hydrogen (secondary N) is 2. The number of hydrogen-bond acceptors (Lipinski definition) is 5. The van der Waals surface area contributed by atoms with Gasteiger partial charge in [-0.2, -0.15) is 0 Å². The molecule has 0 saturated carbocycles. The van der Waals surface area contributed by atoms with E-state index in [4.69, 9.17) is 14.2 Å². The Bertz CT molecular complexity index is 1200. The molecule has 1 amide bonds. The average molecular weight is 520 g/mol. The zero-order valence-electron chi connectivity index (χ0n) is 20.9. The van der Waals surface area contributed by atoms with Crippen molar-refractivity contribution >= 4 is 17.0 Å². The minimum atomic E-state index is -2.51. The highest BCUT2D eigenvalue weighted by Crippen LogP contribution is 2.44. The summed E-state index contributed by atoms with van der Waals surface area (Å²) in [5.74, 6) is 1.05. The number of halogens is 3. The van der Waals surface area contributed by atoms with Crippen LogP contribution in [0.25, 0.3) is 10.9 Å². The van der Waals surface area contributed by atoms with Crippen LogP contribution in [0.1, 0.15) is 36.2 Å². The van der Waals surface area contributed by atoms with Gasteiger partial charge in [0.1, 0.15) is 24.7 Å². The predicted octanol–water partition coefficient (Wildman–Crippen LogP) is 5.24. The van der Waals surface area contributed by atoms with Crippen LogP contribution in [0.5, 0.6) is 11.5 Å². The molecule has 4 rings (SSSR count). The molecule has 1 aliphatic rings. The summed E-state index contributed by atoms with van der Waals surface area (Å²) in [6.45, 7) is 1.33. The molecule has 200 valence electrons. The largest absolute Gasteiger partial charge is 0.496 e. The van der Waals surface area contributed by atoms with Gasteiger partial charge in [0.2, 0.25) is 0 Å². The Hall–Kier alpha value is -3.40. The molecule has 0 aliphatic carbocycles. The summed E-state index contributed by atoms with van der Waals surface area (Å²) in [7, 11) is 1.55. The molecule has 3 aromatic rings. The number of aromatic nitrogens is 1. The lowest BCUT2D eigenvalue weighted by atomic mass is 9.88. The molecule has 2 N–H and O–H groups in total. The van der Waals surface area contributed by atoms with Crippen molar-refractivity contribution in [3.63, 3.8) is 0 Å². The summed E-state index contributed by atoms with van der Waals surface area (Å²) in [5.41, 5.74) is 3.63. The summed E-state index contributed by atoms with van der Waals surface area (Å²) in [6.07, 6.45) is -2.28. The van der Waals surface area contributed by atoms with Gasteiger partial charge < -0.3 is 24.5 Å². The van der Waals surface area contributed by atoms with Crippen LogP contribution in [0.4, 0.5) is 18.0 Å². The molecular weight excluding hydrogens is 487 g/mol. The Morgan fingerprint density at radius 2 is 2.03 bits per heavy atom. The summed E-state index contributed by atoms with van der Waals surface area (Å²) in [4.78, 5) is 16.9. The highest BCUT2D eigenvalue weighted by Gasteiger charge is 2.38. The lowest BCUT2D eigenvalue weighted by molar-refractivity contribution is 0.0449. The van der Waals surface area contributed by atoms with Crippen molar-refractivity contribution < 1.29 is 32.2 Å². The molecule has 10 heteroatoms. The van der Waals surface area contributed by atoms with E-state index in [0.717, 1.165) is 22.2 Å². The van der Waals surface area contributed by atoms with E-state index in [0.29, 0.717) is 23.5 Å². The third kappa shape index (κ3) is 6.12. The van der Waals surface area contributed by atoms with Gasteiger partial charge in [0.25, 0.3) is 6.43 Å². The Kier molecular flexibility index (Phi) is 8.81. The molecule has 2 atom stereocenters. The number of carbonyl (C=O) groups is 1. The molecule has 2 heterocycles. The Labute approximate surface area is 213 Å². The summed E-state index contributed by atoms with van der Waals surface area (Å²) >= 11 is 0. The molecule has 37 heavy (non-hydrogen) atoms. The van der Waals surface area contributed by atoms with E-state index >= 15 is 0 Å². The van der Waals surface area contributed by atoms with Crippen LogP contribution < -0.4 is 14.8 Å². The maximum Gasteiger partial charge on any atom is 0.407 e. The van der Waals surface area contributed by atoms with Crippen molar-refractivity contribution in [2.24, 2.45) is 0 Å². The second kappa shape index (κ2) is 12.2. The minimum Gasteiger partial charge on any atom is -0.496 e. The quantitative estimate of drug-likeness (QED) is 0.339. The third-order valence-corrected chi connectivity index (χ3v) is 6.53. The van der Waals surface area contributed by atoms with E-state index in [1.165, 1.54) is 0 Å². The van der Waals surface area contributed by atoms with Gasteiger partial charge in [-0.15, -0.1) is 0 Å². The van der Waals surface area contributed by atoms with E-state index in [2.05, 4.69) is 10.3 Å². The SMILES string of the molecule is COc1ccc(OCCOC(=O)NCCCF)cc1[C@@H]1c2[nH]c3ccccc3c2C[C@@H](C)N1CC(F)F. The molecule has 2 aromatic carbocycles. The molecule has 0 saturated heterocycles. The molecule has 0 fully saturated rings. The summed E-state index contributed by atoms with van der Waals surface area (Å²) < 4.78 is 56.1. The van der Waals surface area contributed by atoms with E-state index in [1.54, 1.807) is 30.2 Å². The number of aromatic amines is 1. The lowest BCUT2D eigenvalue weighted by Gasteiger charge is -2.41. The number of methoxy groups -OCH3 is 1. The standard InChI is InChI=1S/C27H32F3N3O4/c1-17-14-20-19-6-3-4-7-22(19)32-25(20)26(33(17)16-24(29)30)21-15-18(8-9-23(21)35-2)36-12-13-37-27(34)31-11-5-10-28/h3-4,6-9,15,17,24,26,32H,5,10-14,16H2,1-2H3,(H,31,34)/t17-,26-/m1/s1. The van der Waals surface area contributed by atoms with E-state index in [9.17, 15) is 18.0 Å². The van der Waals surface area contributed by atoms with Crippen molar-refractivity contribution in [3.8, 4) is 11.5 Å². The number of carbonyl (C=O) groups excluding carboxylic acids is 1. The fourth-order valence-electron chi connectivity index (χ4n) is 4.90. The smallest absolute Gasteiger partial charge is 0.407 e. The Balaban J connectivity index is 1.60. The van der Waals surface area contributed by atoms with Gasteiger partial charge in [-0.3, -0.25) is 9.29 Å². The van der Waals surface area contributed by atoms with Gasteiger partial charge in [-0.05, 0) is 49.6 Å². The molecule has 1 aromatic heterocycles. The molecular formula is C27H32F3N3O4. The monoisotopic (exact) mass is 519 g/mol. The van der Waals surface area contributed by atoms with E-state index < -0.39 is 25.2 Å².